The third-order valence-corrected chi connectivity index (χ3v) is 7.15. The van der Waals surface area contributed by atoms with E-state index in [-0.39, 0.29) is 5.91 Å². The van der Waals surface area contributed by atoms with Gasteiger partial charge in [-0.3, -0.25) is 4.79 Å². The summed E-state index contributed by atoms with van der Waals surface area (Å²) in [6, 6.07) is 5.86. The second-order valence-corrected chi connectivity index (χ2v) is 9.30. The van der Waals surface area contributed by atoms with Crippen molar-refractivity contribution in [2.24, 2.45) is 5.92 Å². The van der Waals surface area contributed by atoms with E-state index in [0.29, 0.717) is 0 Å². The van der Waals surface area contributed by atoms with Crippen molar-refractivity contribution in [1.29, 1.82) is 0 Å². The number of fused-ring (bicyclic) bond motifs is 1. The lowest BCUT2D eigenvalue weighted by molar-refractivity contribution is 0.0954. The Kier molecular flexibility index (Phi) is 7.20. The van der Waals surface area contributed by atoms with Crippen LogP contribution in [0.4, 0.5) is 5.13 Å². The van der Waals surface area contributed by atoms with E-state index < -0.39 is 0 Å². The van der Waals surface area contributed by atoms with E-state index in [1.165, 1.54) is 25.0 Å². The fourth-order valence-electron chi connectivity index (χ4n) is 3.11. The quantitative estimate of drug-likeness (QED) is 0.657. The highest BCUT2D eigenvalue weighted by atomic mass is 32.2. The minimum atomic E-state index is 0.0224. The summed E-state index contributed by atoms with van der Waals surface area (Å²) in [6.07, 6.45) is 4.71. The predicted octanol–water partition coefficient (Wildman–Crippen LogP) is 4.80. The minimum Gasteiger partial charge on any atom is -0.352 e. The first-order valence-electron chi connectivity index (χ1n) is 9.69. The number of amides is 1. The number of nitrogens with zero attached hydrogens (tertiary/aromatic N) is 2. The number of carbonyl (C=O) groups excluding carboxylic acids is 1. The molecule has 0 atom stereocenters. The Bertz CT molecular complexity index is 723. The first-order chi connectivity index (χ1) is 12.7. The van der Waals surface area contributed by atoms with E-state index in [1.54, 1.807) is 11.3 Å². The van der Waals surface area contributed by atoms with Crippen LogP contribution in [-0.4, -0.2) is 42.0 Å². The zero-order valence-corrected chi connectivity index (χ0v) is 17.4. The molecule has 6 heteroatoms. The number of benzene rings is 1. The fourth-order valence-corrected chi connectivity index (χ4v) is 5.01. The molecule has 142 valence electrons. The average Bonchev–Trinajstić information content (AvgIpc) is 3.08. The van der Waals surface area contributed by atoms with Gasteiger partial charge in [0, 0.05) is 25.2 Å². The summed E-state index contributed by atoms with van der Waals surface area (Å²) in [6.45, 7) is 7.44. The molecule has 0 aliphatic carbocycles. The molecule has 1 aromatic carbocycles. The second kappa shape index (κ2) is 9.60. The van der Waals surface area contributed by atoms with Crippen LogP contribution in [0.15, 0.2) is 18.2 Å². The summed E-state index contributed by atoms with van der Waals surface area (Å²) in [7, 11) is 0. The van der Waals surface area contributed by atoms with Crippen LogP contribution in [0.3, 0.4) is 0 Å². The summed E-state index contributed by atoms with van der Waals surface area (Å²) in [5.74, 6) is 3.15. The maximum absolute atomic E-state index is 12.4. The highest BCUT2D eigenvalue weighted by molar-refractivity contribution is 7.99. The number of nitrogens with one attached hydrogen (secondary N) is 1. The molecule has 1 saturated heterocycles. The van der Waals surface area contributed by atoms with Crippen LogP contribution in [0.1, 0.15) is 49.9 Å². The Hall–Kier alpha value is -1.27. The fraction of sp³-hybridized carbons (Fsp3) is 0.600. The van der Waals surface area contributed by atoms with Crippen LogP contribution < -0.4 is 10.2 Å². The molecule has 1 aromatic heterocycles. The third kappa shape index (κ3) is 5.13. The third-order valence-electron chi connectivity index (χ3n) is 4.79. The van der Waals surface area contributed by atoms with Crippen LogP contribution in [0.2, 0.25) is 0 Å². The lowest BCUT2D eigenvalue weighted by Crippen LogP contribution is -2.32. The molecule has 0 saturated carbocycles. The highest BCUT2D eigenvalue weighted by Crippen LogP contribution is 2.32. The van der Waals surface area contributed by atoms with E-state index in [0.717, 1.165) is 58.6 Å². The largest absolute Gasteiger partial charge is 0.352 e. The predicted molar refractivity (Wildman–Crippen MR) is 115 cm³/mol. The maximum Gasteiger partial charge on any atom is 0.251 e. The Morgan fingerprint density at radius 2 is 2.15 bits per heavy atom. The SMILES string of the molecule is CCCSCCCNC(=O)c1ccc2nc(N3CCC(C)CC3)sc2c1. The van der Waals surface area contributed by atoms with Gasteiger partial charge in [-0.2, -0.15) is 11.8 Å². The molecule has 1 fully saturated rings. The molecule has 1 aliphatic rings. The molecule has 2 heterocycles. The molecule has 0 bridgehead atoms. The Labute approximate surface area is 164 Å². The minimum absolute atomic E-state index is 0.0224. The topological polar surface area (TPSA) is 45.2 Å². The summed E-state index contributed by atoms with van der Waals surface area (Å²) >= 11 is 3.66. The van der Waals surface area contributed by atoms with Crippen molar-refractivity contribution in [1.82, 2.24) is 10.3 Å². The monoisotopic (exact) mass is 391 g/mol. The number of piperidine rings is 1. The van der Waals surface area contributed by atoms with Crippen molar-refractivity contribution in [3.05, 3.63) is 23.8 Å². The van der Waals surface area contributed by atoms with Crippen molar-refractivity contribution in [3.63, 3.8) is 0 Å². The first-order valence-corrected chi connectivity index (χ1v) is 11.7. The van der Waals surface area contributed by atoms with Crippen LogP contribution in [-0.2, 0) is 0 Å². The lowest BCUT2D eigenvalue weighted by atomic mass is 10.00. The first kappa shape index (κ1) is 19.5. The molecule has 0 unspecified atom stereocenters. The molecule has 0 spiro atoms. The van der Waals surface area contributed by atoms with E-state index in [1.807, 2.05) is 30.0 Å². The van der Waals surface area contributed by atoms with E-state index in [4.69, 9.17) is 4.98 Å². The summed E-state index contributed by atoms with van der Waals surface area (Å²) in [5, 5.41) is 4.13. The van der Waals surface area contributed by atoms with Crippen molar-refractivity contribution >= 4 is 44.4 Å². The molecule has 1 N–H and O–H groups in total. The number of hydrogen-bond donors (Lipinski definition) is 1. The van der Waals surface area contributed by atoms with Crippen molar-refractivity contribution in [2.45, 2.75) is 39.5 Å². The van der Waals surface area contributed by atoms with Gasteiger partial charge in [-0.05, 0) is 61.3 Å². The van der Waals surface area contributed by atoms with Crippen LogP contribution in [0.25, 0.3) is 10.2 Å². The number of anilines is 1. The van der Waals surface area contributed by atoms with Crippen LogP contribution in [0, 0.1) is 5.92 Å². The van der Waals surface area contributed by atoms with Crippen molar-refractivity contribution in [2.75, 3.05) is 36.0 Å². The number of thiazole rings is 1. The van der Waals surface area contributed by atoms with Gasteiger partial charge in [0.05, 0.1) is 10.2 Å². The molecular weight excluding hydrogens is 362 g/mol. The van der Waals surface area contributed by atoms with Crippen molar-refractivity contribution in [3.8, 4) is 0 Å². The van der Waals surface area contributed by atoms with Gasteiger partial charge >= 0.3 is 0 Å². The summed E-state index contributed by atoms with van der Waals surface area (Å²) < 4.78 is 1.10. The van der Waals surface area contributed by atoms with Gasteiger partial charge in [-0.15, -0.1) is 0 Å². The van der Waals surface area contributed by atoms with Gasteiger partial charge in [0.15, 0.2) is 5.13 Å². The summed E-state index contributed by atoms with van der Waals surface area (Å²) in [5.41, 5.74) is 1.73. The van der Waals surface area contributed by atoms with Gasteiger partial charge in [0.1, 0.15) is 0 Å². The van der Waals surface area contributed by atoms with E-state index in [2.05, 4.69) is 24.1 Å². The number of carbonyl (C=O) groups is 1. The molecule has 26 heavy (non-hydrogen) atoms. The van der Waals surface area contributed by atoms with Gasteiger partial charge in [0.2, 0.25) is 0 Å². The zero-order chi connectivity index (χ0) is 18.4. The standard InChI is InChI=1S/C20H29N3OS2/c1-3-12-25-13-4-9-21-19(24)16-5-6-17-18(14-16)26-20(22-17)23-10-7-15(2)8-11-23/h5-6,14-15H,3-4,7-13H2,1-2H3,(H,21,24). The van der Waals surface area contributed by atoms with Crippen molar-refractivity contribution < 1.29 is 4.79 Å². The number of thioether (sulfide) groups is 1. The smallest absolute Gasteiger partial charge is 0.251 e. The van der Waals surface area contributed by atoms with E-state index in [9.17, 15) is 4.79 Å². The lowest BCUT2D eigenvalue weighted by Gasteiger charge is -2.29. The summed E-state index contributed by atoms with van der Waals surface area (Å²) in [4.78, 5) is 19.5. The number of aromatic nitrogens is 1. The second-order valence-electron chi connectivity index (χ2n) is 7.07. The highest BCUT2D eigenvalue weighted by Gasteiger charge is 2.19. The maximum atomic E-state index is 12.4. The molecule has 1 aliphatic heterocycles. The zero-order valence-electron chi connectivity index (χ0n) is 15.8. The Morgan fingerprint density at radius 3 is 2.92 bits per heavy atom. The molecule has 1 amide bonds. The average molecular weight is 392 g/mol. The molecule has 0 radical (unpaired) electrons. The van der Waals surface area contributed by atoms with Crippen LogP contribution in [0.5, 0.6) is 0 Å². The van der Waals surface area contributed by atoms with Gasteiger partial charge in [-0.25, -0.2) is 4.98 Å². The molecule has 4 nitrogen and oxygen atoms in total. The Morgan fingerprint density at radius 1 is 1.35 bits per heavy atom. The van der Waals surface area contributed by atoms with Crippen LogP contribution >= 0.6 is 23.1 Å². The number of rotatable bonds is 8. The molecule has 2 aromatic rings. The number of hydrogen-bond acceptors (Lipinski definition) is 5. The Balaban J connectivity index is 1.57. The molecular formula is C20H29N3OS2. The van der Waals surface area contributed by atoms with Gasteiger partial charge < -0.3 is 10.2 Å². The van der Waals surface area contributed by atoms with E-state index >= 15 is 0 Å². The normalized spacial score (nSPS) is 15.5. The van der Waals surface area contributed by atoms with Gasteiger partial charge in [0.25, 0.3) is 5.91 Å². The van der Waals surface area contributed by atoms with Gasteiger partial charge in [-0.1, -0.05) is 25.2 Å². The molecule has 3 rings (SSSR count).